The fraction of sp³-hybridized carbons (Fsp3) is 0.371. The predicted molar refractivity (Wildman–Crippen MR) is 172 cm³/mol. The molecule has 3 aromatic carbocycles. The molecular formula is C35H41F3N2O3S. The average Bonchev–Trinajstić information content (AvgIpc) is 3.53. The smallest absolute Gasteiger partial charge is 0.416 e. The van der Waals surface area contributed by atoms with Gasteiger partial charge in [0.25, 0.3) is 0 Å². The molecule has 4 aromatic rings. The van der Waals surface area contributed by atoms with Crippen LogP contribution in [0.5, 0.6) is 5.75 Å². The third kappa shape index (κ3) is 10.7. The van der Waals surface area contributed by atoms with E-state index in [1.807, 2.05) is 43.5 Å². The van der Waals surface area contributed by atoms with Crippen LogP contribution in [0.2, 0.25) is 0 Å². The molecule has 0 saturated carbocycles. The lowest BCUT2D eigenvalue weighted by atomic mass is 10.1. The van der Waals surface area contributed by atoms with E-state index in [-0.39, 0.29) is 5.97 Å². The molecule has 0 unspecified atom stereocenters. The normalized spacial score (nSPS) is 11.1. The first-order chi connectivity index (χ1) is 21.1. The van der Waals surface area contributed by atoms with Gasteiger partial charge in [-0.15, -0.1) is 11.3 Å². The Morgan fingerprint density at radius 3 is 2.11 bits per heavy atom. The minimum atomic E-state index is -4.36. The minimum absolute atomic E-state index is 0.226. The number of alkyl halides is 3. The van der Waals surface area contributed by atoms with Crippen LogP contribution in [0.3, 0.4) is 0 Å². The SMILES string of the molecule is CC.COC(=O)CCc1ccc(OCc2ccc(CN(CCC(C)C)c3nc(-c4ccc(C(F)(F)F)cc4)cs3)cc2)cc1. The molecule has 0 spiro atoms. The van der Waals surface area contributed by atoms with Gasteiger partial charge in [-0.05, 0) is 59.7 Å². The van der Waals surface area contributed by atoms with E-state index in [0.29, 0.717) is 43.2 Å². The van der Waals surface area contributed by atoms with Gasteiger partial charge in [-0.1, -0.05) is 76.2 Å². The van der Waals surface area contributed by atoms with Crippen molar-refractivity contribution in [2.45, 2.75) is 66.3 Å². The fourth-order valence-corrected chi connectivity index (χ4v) is 5.12. The predicted octanol–water partition coefficient (Wildman–Crippen LogP) is 9.59. The summed E-state index contributed by atoms with van der Waals surface area (Å²) >= 11 is 1.50. The fourth-order valence-electron chi connectivity index (χ4n) is 4.26. The molecule has 44 heavy (non-hydrogen) atoms. The molecule has 9 heteroatoms. The van der Waals surface area contributed by atoms with E-state index in [1.165, 1.54) is 30.6 Å². The number of esters is 1. The zero-order valence-electron chi connectivity index (χ0n) is 26.0. The number of carbonyl (C=O) groups excluding carboxylic acids is 1. The van der Waals surface area contributed by atoms with Gasteiger partial charge in [0.15, 0.2) is 5.13 Å². The van der Waals surface area contributed by atoms with Gasteiger partial charge < -0.3 is 14.4 Å². The van der Waals surface area contributed by atoms with Crippen molar-refractivity contribution in [1.29, 1.82) is 0 Å². The highest BCUT2D eigenvalue weighted by atomic mass is 32.1. The molecule has 0 bridgehead atoms. The standard InChI is InChI=1S/C33H35F3N2O3S.C2H6/c1-23(2)18-19-38(32-37-30(22-42-32)27-11-13-28(14-12-27)33(34,35)36)20-25-4-6-26(7-5-25)21-41-29-15-8-24(9-16-29)10-17-31(39)40-3;1-2/h4-9,11-16,22-23H,10,17-21H2,1-3H3;1-2H3. The molecule has 5 nitrogen and oxygen atoms in total. The van der Waals surface area contributed by atoms with Crippen LogP contribution >= 0.6 is 11.3 Å². The number of methoxy groups -OCH3 is 1. The van der Waals surface area contributed by atoms with E-state index in [1.54, 1.807) is 0 Å². The number of hydrogen-bond acceptors (Lipinski definition) is 6. The van der Waals surface area contributed by atoms with Gasteiger partial charge in [0.2, 0.25) is 0 Å². The second kappa shape index (κ2) is 16.9. The molecule has 0 aliphatic carbocycles. The molecule has 0 atom stereocenters. The second-order valence-corrected chi connectivity index (χ2v) is 11.4. The first kappa shape index (κ1) is 34.6. The molecule has 236 valence electrons. The number of aryl methyl sites for hydroxylation is 1. The Bertz CT molecular complexity index is 1420. The molecule has 1 heterocycles. The number of ether oxygens (including phenoxy) is 2. The number of aromatic nitrogens is 1. The van der Waals surface area contributed by atoms with Crippen LogP contribution in [-0.2, 0) is 35.3 Å². The molecule has 0 amide bonds. The Morgan fingerprint density at radius 1 is 0.909 bits per heavy atom. The van der Waals surface area contributed by atoms with E-state index in [0.717, 1.165) is 52.7 Å². The lowest BCUT2D eigenvalue weighted by Gasteiger charge is -2.23. The topological polar surface area (TPSA) is 51.7 Å². The maximum Gasteiger partial charge on any atom is 0.416 e. The van der Waals surface area contributed by atoms with Gasteiger partial charge >= 0.3 is 12.1 Å². The summed E-state index contributed by atoms with van der Waals surface area (Å²) in [5, 5.41) is 2.74. The molecule has 1 aromatic heterocycles. The van der Waals surface area contributed by atoms with Gasteiger partial charge in [0, 0.05) is 30.5 Å². The Morgan fingerprint density at radius 2 is 1.52 bits per heavy atom. The van der Waals surface area contributed by atoms with Crippen molar-refractivity contribution in [3.05, 3.63) is 100 Å². The minimum Gasteiger partial charge on any atom is -0.489 e. The van der Waals surface area contributed by atoms with Crippen molar-refractivity contribution in [3.63, 3.8) is 0 Å². The van der Waals surface area contributed by atoms with Gasteiger partial charge in [0.1, 0.15) is 12.4 Å². The van der Waals surface area contributed by atoms with E-state index >= 15 is 0 Å². The number of thiazole rings is 1. The van der Waals surface area contributed by atoms with Crippen LogP contribution in [0.15, 0.2) is 78.2 Å². The highest BCUT2D eigenvalue weighted by Gasteiger charge is 2.30. The molecule has 0 aliphatic rings. The number of hydrogen-bond donors (Lipinski definition) is 0. The van der Waals surface area contributed by atoms with Crippen molar-refractivity contribution in [1.82, 2.24) is 4.98 Å². The van der Waals surface area contributed by atoms with Crippen molar-refractivity contribution in [2.75, 3.05) is 18.6 Å². The maximum atomic E-state index is 13.0. The third-order valence-corrected chi connectivity index (χ3v) is 7.72. The van der Waals surface area contributed by atoms with Gasteiger partial charge in [-0.3, -0.25) is 4.79 Å². The third-order valence-electron chi connectivity index (χ3n) is 6.82. The Balaban J connectivity index is 0.00000259. The zero-order valence-corrected chi connectivity index (χ0v) is 26.8. The first-order valence-electron chi connectivity index (χ1n) is 14.8. The summed E-state index contributed by atoms with van der Waals surface area (Å²) in [5.41, 5.74) is 3.88. The van der Waals surface area contributed by atoms with E-state index in [2.05, 4.69) is 47.7 Å². The summed E-state index contributed by atoms with van der Waals surface area (Å²) in [6, 6.07) is 21.1. The average molecular weight is 627 g/mol. The van der Waals surface area contributed by atoms with Crippen LogP contribution in [-0.4, -0.2) is 24.6 Å². The highest BCUT2D eigenvalue weighted by molar-refractivity contribution is 7.14. The lowest BCUT2D eigenvalue weighted by molar-refractivity contribution is -0.140. The summed E-state index contributed by atoms with van der Waals surface area (Å²) in [4.78, 5) is 18.3. The van der Waals surface area contributed by atoms with Crippen molar-refractivity contribution < 1.29 is 27.4 Å². The number of rotatable bonds is 13. The van der Waals surface area contributed by atoms with Gasteiger partial charge in [-0.2, -0.15) is 13.2 Å². The quantitative estimate of drug-likeness (QED) is 0.138. The van der Waals surface area contributed by atoms with Crippen LogP contribution in [0.4, 0.5) is 18.3 Å². The van der Waals surface area contributed by atoms with Crippen LogP contribution in [0.1, 0.15) is 62.8 Å². The molecule has 0 radical (unpaired) electrons. The van der Waals surface area contributed by atoms with Gasteiger partial charge in [-0.25, -0.2) is 4.98 Å². The highest BCUT2D eigenvalue weighted by Crippen LogP contribution is 2.33. The van der Waals surface area contributed by atoms with Gasteiger partial charge in [0.05, 0.1) is 18.4 Å². The van der Waals surface area contributed by atoms with E-state index in [4.69, 9.17) is 9.72 Å². The number of carbonyl (C=O) groups is 1. The van der Waals surface area contributed by atoms with E-state index in [9.17, 15) is 18.0 Å². The largest absolute Gasteiger partial charge is 0.489 e. The van der Waals surface area contributed by atoms with Crippen molar-refractivity contribution >= 4 is 22.4 Å². The number of nitrogens with zero attached hydrogens (tertiary/aromatic N) is 2. The lowest BCUT2D eigenvalue weighted by Crippen LogP contribution is -2.24. The van der Waals surface area contributed by atoms with Crippen molar-refractivity contribution in [2.24, 2.45) is 5.92 Å². The Hall–Kier alpha value is -3.85. The van der Waals surface area contributed by atoms with Crippen molar-refractivity contribution in [3.8, 4) is 17.0 Å². The van der Waals surface area contributed by atoms with Crippen LogP contribution in [0, 0.1) is 5.92 Å². The van der Waals surface area contributed by atoms with Crippen LogP contribution in [0.25, 0.3) is 11.3 Å². The second-order valence-electron chi connectivity index (χ2n) is 10.5. The first-order valence-corrected chi connectivity index (χ1v) is 15.7. The van der Waals surface area contributed by atoms with E-state index < -0.39 is 11.7 Å². The summed E-state index contributed by atoms with van der Waals surface area (Å²) in [7, 11) is 1.39. The Labute approximate surface area is 262 Å². The number of benzene rings is 3. The molecule has 4 rings (SSSR count). The summed E-state index contributed by atoms with van der Waals surface area (Å²) < 4.78 is 49.5. The molecular weight excluding hydrogens is 585 g/mol. The summed E-state index contributed by atoms with van der Waals surface area (Å²) in [6.45, 7) is 10.3. The number of anilines is 1. The monoisotopic (exact) mass is 626 g/mol. The molecule has 0 N–H and O–H groups in total. The van der Waals surface area contributed by atoms with Crippen LogP contribution < -0.4 is 9.64 Å². The summed E-state index contributed by atoms with van der Waals surface area (Å²) in [5.74, 6) is 1.05. The molecule has 0 fully saturated rings. The molecule has 0 saturated heterocycles. The molecule has 0 aliphatic heterocycles. The number of halogens is 3. The summed E-state index contributed by atoms with van der Waals surface area (Å²) in [6.07, 6.45) is -2.40. The zero-order chi connectivity index (χ0) is 32.1. The Kier molecular flexibility index (Phi) is 13.3. The maximum absolute atomic E-state index is 13.0.